The molecule has 0 spiro atoms. The first-order valence-electron chi connectivity index (χ1n) is 9.50. The Hall–Kier alpha value is -3.49. The van der Waals surface area contributed by atoms with Crippen LogP contribution in [0.4, 0.5) is 5.69 Å². The number of ether oxygens (including phenoxy) is 1. The third-order valence-electron chi connectivity index (χ3n) is 4.84. The summed E-state index contributed by atoms with van der Waals surface area (Å²) in [4.78, 5) is 29.2. The average Bonchev–Trinajstić information content (AvgIpc) is 3.27. The van der Waals surface area contributed by atoms with E-state index in [1.165, 1.54) is 0 Å². The maximum absolute atomic E-state index is 12.6. The van der Waals surface area contributed by atoms with Crippen molar-refractivity contribution in [3.8, 4) is 17.4 Å². The number of carbonyl (C=O) groups is 1. The van der Waals surface area contributed by atoms with Crippen LogP contribution in [-0.2, 0) is 11.2 Å². The number of amides is 1. The highest BCUT2D eigenvalue weighted by atomic mass is 16.5. The van der Waals surface area contributed by atoms with Crippen LogP contribution in [-0.4, -0.2) is 64.2 Å². The molecule has 1 aliphatic rings. The van der Waals surface area contributed by atoms with Gasteiger partial charge in [0.2, 0.25) is 23.4 Å². The van der Waals surface area contributed by atoms with Crippen molar-refractivity contribution in [3.05, 3.63) is 48.6 Å². The lowest BCUT2D eigenvalue weighted by molar-refractivity contribution is -0.131. The van der Waals surface area contributed by atoms with E-state index in [1.807, 2.05) is 29.2 Å². The monoisotopic (exact) mass is 394 g/mol. The highest BCUT2D eigenvalue weighted by Crippen LogP contribution is 2.28. The van der Waals surface area contributed by atoms with E-state index < -0.39 is 0 Å². The SMILES string of the molecule is COc1ccccc1N1CCN(C(=O)CCc2nc(-c3ncccn3)no2)CC1. The molecule has 9 heteroatoms. The summed E-state index contributed by atoms with van der Waals surface area (Å²) in [6.07, 6.45) is 3.95. The molecule has 0 radical (unpaired) electrons. The van der Waals surface area contributed by atoms with E-state index in [-0.39, 0.29) is 5.91 Å². The van der Waals surface area contributed by atoms with Crippen molar-refractivity contribution in [2.45, 2.75) is 12.8 Å². The topological polar surface area (TPSA) is 97.5 Å². The predicted molar refractivity (Wildman–Crippen MR) is 105 cm³/mol. The van der Waals surface area contributed by atoms with Crippen molar-refractivity contribution in [1.82, 2.24) is 25.0 Å². The fraction of sp³-hybridized carbons (Fsp3) is 0.350. The number of carbonyl (C=O) groups excluding carboxylic acids is 1. The Kier molecular flexibility index (Phi) is 5.64. The summed E-state index contributed by atoms with van der Waals surface area (Å²) in [5.74, 6) is 2.08. The van der Waals surface area contributed by atoms with Crippen molar-refractivity contribution in [1.29, 1.82) is 0 Å². The molecule has 1 aromatic carbocycles. The molecular formula is C20H22N6O3. The number of anilines is 1. The molecule has 150 valence electrons. The first-order valence-corrected chi connectivity index (χ1v) is 9.50. The summed E-state index contributed by atoms with van der Waals surface area (Å²) in [5, 5.41) is 3.88. The van der Waals surface area contributed by atoms with Gasteiger partial charge in [-0.3, -0.25) is 4.79 Å². The van der Waals surface area contributed by atoms with Gasteiger partial charge in [0.1, 0.15) is 5.75 Å². The fourth-order valence-electron chi connectivity index (χ4n) is 3.32. The fourth-order valence-corrected chi connectivity index (χ4v) is 3.32. The number of piperazine rings is 1. The number of hydrogen-bond acceptors (Lipinski definition) is 8. The second-order valence-corrected chi connectivity index (χ2v) is 6.62. The van der Waals surface area contributed by atoms with Crippen LogP contribution < -0.4 is 9.64 Å². The second-order valence-electron chi connectivity index (χ2n) is 6.62. The van der Waals surface area contributed by atoms with Crippen molar-refractivity contribution in [3.63, 3.8) is 0 Å². The van der Waals surface area contributed by atoms with E-state index in [0.717, 1.165) is 24.5 Å². The van der Waals surface area contributed by atoms with Gasteiger partial charge in [0, 0.05) is 51.4 Å². The largest absolute Gasteiger partial charge is 0.495 e. The quantitative estimate of drug-likeness (QED) is 0.624. The van der Waals surface area contributed by atoms with Gasteiger partial charge in [0.25, 0.3) is 0 Å². The molecule has 1 fully saturated rings. The number of rotatable bonds is 6. The van der Waals surface area contributed by atoms with Gasteiger partial charge >= 0.3 is 0 Å². The summed E-state index contributed by atoms with van der Waals surface area (Å²) in [6.45, 7) is 2.87. The van der Waals surface area contributed by atoms with Gasteiger partial charge in [-0.15, -0.1) is 0 Å². The number of nitrogens with zero attached hydrogens (tertiary/aromatic N) is 6. The lowest BCUT2D eigenvalue weighted by Crippen LogP contribution is -2.48. The first-order chi connectivity index (χ1) is 14.2. The third-order valence-corrected chi connectivity index (χ3v) is 4.84. The third kappa shape index (κ3) is 4.34. The molecule has 0 unspecified atom stereocenters. The van der Waals surface area contributed by atoms with Crippen molar-refractivity contribution in [2.24, 2.45) is 0 Å². The van der Waals surface area contributed by atoms with E-state index in [2.05, 4.69) is 25.0 Å². The van der Waals surface area contributed by atoms with E-state index in [9.17, 15) is 4.79 Å². The van der Waals surface area contributed by atoms with Gasteiger partial charge in [-0.25, -0.2) is 9.97 Å². The maximum Gasteiger partial charge on any atom is 0.240 e. The molecule has 3 aromatic rings. The Morgan fingerprint density at radius 1 is 1.07 bits per heavy atom. The molecule has 0 N–H and O–H groups in total. The molecule has 0 aliphatic carbocycles. The summed E-state index contributed by atoms with van der Waals surface area (Å²) < 4.78 is 10.7. The summed E-state index contributed by atoms with van der Waals surface area (Å²) in [5.41, 5.74) is 1.06. The van der Waals surface area contributed by atoms with Crippen LogP contribution in [0.15, 0.2) is 47.2 Å². The molecule has 3 heterocycles. The molecule has 0 atom stereocenters. The Morgan fingerprint density at radius 3 is 2.59 bits per heavy atom. The zero-order chi connectivity index (χ0) is 20.1. The van der Waals surface area contributed by atoms with Crippen LogP contribution in [0.25, 0.3) is 11.6 Å². The van der Waals surface area contributed by atoms with Crippen molar-refractivity contribution in [2.75, 3.05) is 38.2 Å². The molecule has 9 nitrogen and oxygen atoms in total. The van der Waals surface area contributed by atoms with Crippen LogP contribution >= 0.6 is 0 Å². The maximum atomic E-state index is 12.6. The van der Waals surface area contributed by atoms with Crippen LogP contribution in [0.2, 0.25) is 0 Å². The summed E-state index contributed by atoms with van der Waals surface area (Å²) in [6, 6.07) is 9.66. The van der Waals surface area contributed by atoms with Gasteiger partial charge < -0.3 is 19.1 Å². The summed E-state index contributed by atoms with van der Waals surface area (Å²) in [7, 11) is 1.67. The van der Waals surface area contributed by atoms with Gasteiger partial charge in [-0.05, 0) is 18.2 Å². The van der Waals surface area contributed by atoms with Crippen LogP contribution in [0.3, 0.4) is 0 Å². The van der Waals surface area contributed by atoms with Crippen LogP contribution in [0.1, 0.15) is 12.3 Å². The lowest BCUT2D eigenvalue weighted by atomic mass is 10.2. The number of hydrogen-bond donors (Lipinski definition) is 0. The van der Waals surface area contributed by atoms with Gasteiger partial charge in [0.05, 0.1) is 12.8 Å². The van der Waals surface area contributed by atoms with E-state index >= 15 is 0 Å². The van der Waals surface area contributed by atoms with Crippen LogP contribution in [0.5, 0.6) is 5.75 Å². The van der Waals surface area contributed by atoms with Gasteiger partial charge in [-0.2, -0.15) is 4.98 Å². The number of benzene rings is 1. The number of aromatic nitrogens is 4. The Balaban J connectivity index is 1.29. The van der Waals surface area contributed by atoms with Crippen LogP contribution in [0, 0.1) is 0 Å². The van der Waals surface area contributed by atoms with E-state index in [4.69, 9.17) is 9.26 Å². The predicted octanol–water partition coefficient (Wildman–Crippen LogP) is 1.82. The zero-order valence-electron chi connectivity index (χ0n) is 16.2. The van der Waals surface area contributed by atoms with E-state index in [0.29, 0.717) is 43.5 Å². The number of aryl methyl sites for hydroxylation is 1. The van der Waals surface area contributed by atoms with Crippen molar-refractivity contribution >= 4 is 11.6 Å². The molecule has 4 rings (SSSR count). The summed E-state index contributed by atoms with van der Waals surface area (Å²) >= 11 is 0. The molecular weight excluding hydrogens is 372 g/mol. The van der Waals surface area contributed by atoms with Gasteiger partial charge in [-0.1, -0.05) is 17.3 Å². The Morgan fingerprint density at radius 2 is 1.83 bits per heavy atom. The van der Waals surface area contributed by atoms with Crippen molar-refractivity contribution < 1.29 is 14.1 Å². The smallest absolute Gasteiger partial charge is 0.240 e. The first kappa shape index (κ1) is 18.9. The minimum absolute atomic E-state index is 0.0837. The normalized spacial score (nSPS) is 14.1. The lowest BCUT2D eigenvalue weighted by Gasteiger charge is -2.36. The number of methoxy groups -OCH3 is 1. The average molecular weight is 394 g/mol. The molecule has 0 bridgehead atoms. The van der Waals surface area contributed by atoms with E-state index in [1.54, 1.807) is 25.6 Å². The molecule has 0 saturated carbocycles. The second kappa shape index (κ2) is 8.68. The Bertz CT molecular complexity index is 954. The minimum Gasteiger partial charge on any atom is -0.495 e. The number of para-hydroxylation sites is 2. The highest BCUT2D eigenvalue weighted by molar-refractivity contribution is 5.76. The van der Waals surface area contributed by atoms with Gasteiger partial charge in [0.15, 0.2) is 0 Å². The molecule has 1 saturated heterocycles. The molecule has 2 aromatic heterocycles. The zero-order valence-corrected chi connectivity index (χ0v) is 16.2. The minimum atomic E-state index is 0.0837. The highest BCUT2D eigenvalue weighted by Gasteiger charge is 2.23. The molecule has 1 amide bonds. The molecule has 1 aliphatic heterocycles. The Labute approximate surface area is 168 Å². The molecule has 29 heavy (non-hydrogen) atoms. The standard InChI is InChI=1S/C20H22N6O3/c1-28-16-6-3-2-5-15(16)25-11-13-26(14-12-25)18(27)8-7-17-23-20(24-29-17)19-21-9-4-10-22-19/h2-6,9-10H,7-8,11-14H2,1H3.